The van der Waals surface area contributed by atoms with Crippen molar-refractivity contribution < 1.29 is 0 Å². The molecule has 0 saturated heterocycles. The number of aromatic nitrogens is 3. The van der Waals surface area contributed by atoms with E-state index >= 15 is 0 Å². The smallest absolute Gasteiger partial charge is 0.252 e. The lowest BCUT2D eigenvalue weighted by atomic mass is 9.33. The summed E-state index contributed by atoms with van der Waals surface area (Å²) in [5, 5.41) is 4.71. The van der Waals surface area contributed by atoms with Gasteiger partial charge in [-0.2, -0.15) is 0 Å². The maximum Gasteiger partial charge on any atom is 0.252 e. The molecule has 0 spiro atoms. The van der Waals surface area contributed by atoms with Gasteiger partial charge in [-0.15, -0.1) is 0 Å². The molecule has 0 atom stereocenters. The minimum Gasteiger partial charge on any atom is -0.311 e. The van der Waals surface area contributed by atoms with Gasteiger partial charge in [0, 0.05) is 50.8 Å². The van der Waals surface area contributed by atoms with Gasteiger partial charge in [0.2, 0.25) is 0 Å². The van der Waals surface area contributed by atoms with Crippen molar-refractivity contribution in [1.82, 2.24) is 15.0 Å². The summed E-state index contributed by atoms with van der Waals surface area (Å²) >= 11 is 0. The summed E-state index contributed by atoms with van der Waals surface area (Å²) in [5.41, 5.74) is 25.9. The quantitative estimate of drug-likeness (QED) is 0.121. The van der Waals surface area contributed by atoms with Crippen LogP contribution in [0.4, 0.5) is 34.1 Å². The molecule has 0 unspecified atom stereocenters. The van der Waals surface area contributed by atoms with Crippen molar-refractivity contribution in [3.63, 3.8) is 0 Å². The molecule has 95 heavy (non-hydrogen) atoms. The molecule has 0 aliphatic carbocycles. The van der Waals surface area contributed by atoms with Crippen LogP contribution in [0.2, 0.25) is 0 Å². The van der Waals surface area contributed by atoms with E-state index in [1.54, 1.807) is 0 Å². The van der Waals surface area contributed by atoms with E-state index in [9.17, 15) is 0 Å². The van der Waals surface area contributed by atoms with Gasteiger partial charge in [0.05, 0.1) is 0 Å². The van der Waals surface area contributed by atoms with Crippen molar-refractivity contribution in [1.29, 1.82) is 0 Å². The number of hydrogen-bond acceptors (Lipinski definition) is 5. The zero-order chi connectivity index (χ0) is 62.8. The van der Waals surface area contributed by atoms with E-state index in [2.05, 4.69) is 362 Å². The fourth-order valence-corrected chi connectivity index (χ4v) is 14.4. The van der Waals surface area contributed by atoms with Crippen LogP contribution in [0.3, 0.4) is 0 Å². The van der Waals surface area contributed by atoms with Crippen molar-refractivity contribution >= 4 is 78.8 Å². The molecule has 1 aromatic heterocycles. The van der Waals surface area contributed by atoms with E-state index in [0.29, 0.717) is 17.5 Å². The van der Waals surface area contributed by atoms with Crippen LogP contribution in [0.25, 0.3) is 122 Å². The maximum absolute atomic E-state index is 5.79. The molecule has 18 rings (SSSR count). The number of hydrogen-bond donors (Lipinski definition) is 0. The summed E-state index contributed by atoms with van der Waals surface area (Å²) in [6.07, 6.45) is 0. The van der Waals surface area contributed by atoms with Crippen molar-refractivity contribution in [2.75, 3.05) is 9.80 Å². The van der Waals surface area contributed by atoms with Crippen LogP contribution in [-0.4, -0.2) is 21.7 Å². The predicted molar refractivity (Wildman–Crippen MR) is 398 cm³/mol. The first-order valence-electron chi connectivity index (χ1n) is 32.5. The van der Waals surface area contributed by atoms with E-state index in [1.807, 2.05) is 0 Å². The van der Waals surface area contributed by atoms with E-state index in [4.69, 9.17) is 15.0 Å². The molecular weight excluding hydrogens is 1150 g/mol. The molecule has 2 aliphatic rings. The molecule has 0 N–H and O–H groups in total. The van der Waals surface area contributed by atoms with Crippen LogP contribution in [0.15, 0.2) is 352 Å². The fraction of sp³-hybridized carbons (Fsp3) is 0. The molecule has 2 aliphatic heterocycles. The Balaban J connectivity index is 0.945. The highest BCUT2D eigenvalue weighted by Gasteiger charge is 2.44. The topological polar surface area (TPSA) is 45.2 Å². The third-order valence-electron chi connectivity index (χ3n) is 19.0. The zero-order valence-corrected chi connectivity index (χ0v) is 51.8. The molecule has 0 bridgehead atoms. The Morgan fingerprint density at radius 2 is 0.432 bits per heavy atom. The van der Waals surface area contributed by atoms with Gasteiger partial charge in [-0.25, -0.2) is 15.0 Å². The Morgan fingerprint density at radius 1 is 0.189 bits per heavy atom. The lowest BCUT2D eigenvalue weighted by Crippen LogP contribution is -2.61. The first-order chi connectivity index (χ1) is 47.0. The van der Waals surface area contributed by atoms with Gasteiger partial charge in [-0.05, 0) is 190 Å². The molecule has 5 nitrogen and oxygen atoms in total. The monoisotopic (exact) mass is 1210 g/mol. The molecular formula is C89H58BN5. The van der Waals surface area contributed by atoms with E-state index in [-0.39, 0.29) is 6.71 Å². The lowest BCUT2D eigenvalue weighted by Gasteiger charge is -2.44. The summed E-state index contributed by atoms with van der Waals surface area (Å²) in [4.78, 5) is 22.2. The Labute approximate surface area is 553 Å². The molecule has 0 saturated carbocycles. The maximum atomic E-state index is 5.79. The number of rotatable bonds is 11. The molecule has 15 aromatic carbocycles. The first-order valence-corrected chi connectivity index (χ1v) is 32.5. The van der Waals surface area contributed by atoms with Crippen LogP contribution in [0, 0.1) is 0 Å². The van der Waals surface area contributed by atoms with Crippen molar-refractivity contribution in [3.8, 4) is 101 Å². The van der Waals surface area contributed by atoms with Gasteiger partial charge in [0.25, 0.3) is 6.71 Å². The summed E-state index contributed by atoms with van der Waals surface area (Å²) < 4.78 is 0. The van der Waals surface area contributed by atoms with Crippen molar-refractivity contribution in [2.45, 2.75) is 0 Å². The van der Waals surface area contributed by atoms with Crippen LogP contribution in [-0.2, 0) is 0 Å². The second kappa shape index (κ2) is 23.3. The molecule has 0 amide bonds. The van der Waals surface area contributed by atoms with Crippen LogP contribution in [0.5, 0.6) is 0 Å². The van der Waals surface area contributed by atoms with Crippen LogP contribution in [0.1, 0.15) is 0 Å². The summed E-state index contributed by atoms with van der Waals surface area (Å²) in [6, 6.07) is 128. The molecule has 6 heteroatoms. The van der Waals surface area contributed by atoms with E-state index < -0.39 is 0 Å². The highest BCUT2D eigenvalue weighted by molar-refractivity contribution is 7.00. The van der Waals surface area contributed by atoms with Gasteiger partial charge < -0.3 is 9.80 Å². The van der Waals surface area contributed by atoms with E-state index in [0.717, 1.165) is 118 Å². The summed E-state index contributed by atoms with van der Waals surface area (Å²) in [6.45, 7) is -0.174. The highest BCUT2D eigenvalue weighted by Crippen LogP contribution is 2.48. The number of fused-ring (bicyclic) bond motifs is 6. The number of benzene rings is 15. The normalized spacial score (nSPS) is 12.1. The predicted octanol–water partition coefficient (Wildman–Crippen LogP) is 21.3. The third-order valence-corrected chi connectivity index (χ3v) is 19.0. The van der Waals surface area contributed by atoms with Crippen LogP contribution < -0.4 is 26.2 Å². The first kappa shape index (κ1) is 55.3. The van der Waals surface area contributed by atoms with Gasteiger partial charge in [-0.3, -0.25) is 0 Å². The molecule has 442 valence electrons. The number of nitrogens with zero attached hydrogens (tertiary/aromatic N) is 5. The standard InChI is InChI=1S/C89H58BN5/c1-7-23-59(24-8-1)65-39-43-78(44-40-65)94-82-55-69-37-21-19-35-67(69)53-80(82)90-81-54-68-36-20-22-38-70(68)56-83(81)95(79-45-41-66(42-46-79)60-25-9-2-10-26-60)85-58-77(57-84(94)86(85)90)89-92-87(75-49-71(61-27-11-3-12-28-61)47-72(50-75)62-29-13-4-14-30-62)91-88(93-89)76-51-73(63-31-15-5-16-32-63)48-74(52-76)64-33-17-6-18-34-64/h1-58H. The third kappa shape index (κ3) is 10.1. The SMILES string of the molecule is c1ccc(-c2ccc(N3c4cc5ccccc5cc4B4c5cc6ccccc6cc5N(c5ccc(-c6ccccc6)cc5)c5cc(-c6nc(-c7cc(-c8ccccc8)cc(-c8ccccc8)c7)nc(-c7cc(-c8ccccc8)cc(-c8ccccc8)c7)n6)cc3c54)cc2)cc1. The second-order valence-corrected chi connectivity index (χ2v) is 24.7. The van der Waals surface area contributed by atoms with Crippen molar-refractivity contribution in [2.24, 2.45) is 0 Å². The van der Waals surface area contributed by atoms with Crippen molar-refractivity contribution in [3.05, 3.63) is 352 Å². The Hall–Kier alpha value is -12.5. The Kier molecular flexibility index (Phi) is 13.6. The lowest BCUT2D eigenvalue weighted by molar-refractivity contribution is 1.07. The summed E-state index contributed by atoms with van der Waals surface area (Å²) in [5.74, 6) is 1.67. The average molecular weight is 1210 g/mol. The van der Waals surface area contributed by atoms with Gasteiger partial charge in [0.15, 0.2) is 17.5 Å². The minimum atomic E-state index is -0.174. The zero-order valence-electron chi connectivity index (χ0n) is 51.8. The van der Waals surface area contributed by atoms with Gasteiger partial charge in [0.1, 0.15) is 0 Å². The van der Waals surface area contributed by atoms with Crippen LogP contribution >= 0.6 is 0 Å². The molecule has 0 fully saturated rings. The summed E-state index contributed by atoms with van der Waals surface area (Å²) in [7, 11) is 0. The van der Waals surface area contributed by atoms with Gasteiger partial charge in [-0.1, -0.05) is 267 Å². The second-order valence-electron chi connectivity index (χ2n) is 24.7. The Bertz CT molecular complexity index is 5120. The van der Waals surface area contributed by atoms with E-state index in [1.165, 1.54) is 37.9 Å². The number of anilines is 6. The molecule has 16 aromatic rings. The highest BCUT2D eigenvalue weighted by atomic mass is 15.2. The molecule has 3 heterocycles. The molecule has 0 radical (unpaired) electrons. The fourth-order valence-electron chi connectivity index (χ4n) is 14.4. The average Bonchev–Trinajstić information content (AvgIpc) is 0.693. The van der Waals surface area contributed by atoms with Gasteiger partial charge >= 0.3 is 0 Å². The largest absolute Gasteiger partial charge is 0.311 e. The minimum absolute atomic E-state index is 0.174. The Morgan fingerprint density at radius 3 is 0.737 bits per heavy atom.